The summed E-state index contributed by atoms with van der Waals surface area (Å²) in [6, 6.07) is 8.63. The van der Waals surface area contributed by atoms with Gasteiger partial charge in [-0.1, -0.05) is 6.07 Å². The third-order valence-electron chi connectivity index (χ3n) is 3.48. The topological polar surface area (TPSA) is 78.4 Å². The van der Waals surface area contributed by atoms with E-state index in [2.05, 4.69) is 25.9 Å². The normalized spacial score (nSPS) is 11.2. The molecule has 26 heavy (non-hydrogen) atoms. The lowest BCUT2D eigenvalue weighted by Crippen LogP contribution is -2.38. The first kappa shape index (κ1) is 19.3. The largest absolute Gasteiger partial charge is 0.356 e. The van der Waals surface area contributed by atoms with Crippen molar-refractivity contribution in [1.29, 1.82) is 0 Å². The van der Waals surface area contributed by atoms with Crippen molar-refractivity contribution in [3.05, 3.63) is 59.3 Å². The van der Waals surface area contributed by atoms with Gasteiger partial charge in [-0.15, -0.1) is 0 Å². The number of benzene rings is 1. The number of aliphatic imine (C=N–C) groups is 1. The smallest absolute Gasteiger partial charge is 0.227 e. The van der Waals surface area contributed by atoms with Gasteiger partial charge < -0.3 is 16.0 Å². The number of hydrogen-bond acceptors (Lipinski definition) is 3. The monoisotopic (exact) mass is 361 g/mol. The summed E-state index contributed by atoms with van der Waals surface area (Å²) < 4.78 is 26.8. The first-order valence-electron chi connectivity index (χ1n) is 8.10. The molecule has 0 atom stereocenters. The van der Waals surface area contributed by atoms with Crippen molar-refractivity contribution in [1.82, 2.24) is 15.6 Å². The number of aryl methyl sites for hydroxylation is 1. The third kappa shape index (κ3) is 6.12. The molecule has 0 saturated carbocycles. The SMILES string of the molecule is CN=C(NCCC(=O)Nc1cccc(C)n1)NCc1cc(F)ccc1F. The highest BCUT2D eigenvalue weighted by Crippen LogP contribution is 2.09. The van der Waals surface area contributed by atoms with Crippen LogP contribution in [-0.4, -0.2) is 30.4 Å². The number of rotatable bonds is 6. The zero-order valence-electron chi connectivity index (χ0n) is 14.6. The van der Waals surface area contributed by atoms with Gasteiger partial charge in [0.1, 0.15) is 17.5 Å². The number of pyridine rings is 1. The maximum atomic E-state index is 13.6. The molecule has 0 radical (unpaired) electrons. The lowest BCUT2D eigenvalue weighted by Gasteiger charge is -2.12. The van der Waals surface area contributed by atoms with Gasteiger partial charge in [-0.05, 0) is 37.3 Å². The summed E-state index contributed by atoms with van der Waals surface area (Å²) in [7, 11) is 1.55. The predicted molar refractivity (Wildman–Crippen MR) is 96.8 cm³/mol. The van der Waals surface area contributed by atoms with Gasteiger partial charge in [-0.2, -0.15) is 0 Å². The van der Waals surface area contributed by atoms with E-state index in [1.54, 1.807) is 13.1 Å². The van der Waals surface area contributed by atoms with Gasteiger partial charge in [0.05, 0.1) is 0 Å². The van der Waals surface area contributed by atoms with Crippen LogP contribution in [0.15, 0.2) is 41.4 Å². The van der Waals surface area contributed by atoms with Crippen molar-refractivity contribution in [3.63, 3.8) is 0 Å². The number of carbonyl (C=O) groups excluding carboxylic acids is 1. The second-order valence-corrected chi connectivity index (χ2v) is 5.55. The number of anilines is 1. The zero-order valence-corrected chi connectivity index (χ0v) is 14.6. The highest BCUT2D eigenvalue weighted by atomic mass is 19.1. The second kappa shape index (κ2) is 9.45. The van der Waals surface area contributed by atoms with Gasteiger partial charge in [0.2, 0.25) is 5.91 Å². The van der Waals surface area contributed by atoms with E-state index >= 15 is 0 Å². The Morgan fingerprint density at radius 1 is 1.19 bits per heavy atom. The van der Waals surface area contributed by atoms with Crippen molar-refractivity contribution < 1.29 is 13.6 Å². The molecule has 2 rings (SSSR count). The fourth-order valence-corrected chi connectivity index (χ4v) is 2.19. The highest BCUT2D eigenvalue weighted by Gasteiger charge is 2.07. The molecule has 1 heterocycles. The summed E-state index contributed by atoms with van der Waals surface area (Å²) in [5, 5.41) is 8.52. The maximum absolute atomic E-state index is 13.6. The molecule has 6 nitrogen and oxygen atoms in total. The Labute approximate surface area is 150 Å². The number of amides is 1. The number of halogens is 2. The lowest BCUT2D eigenvalue weighted by molar-refractivity contribution is -0.116. The van der Waals surface area contributed by atoms with Crippen LogP contribution >= 0.6 is 0 Å². The average Bonchev–Trinajstić information content (AvgIpc) is 2.60. The Bertz CT molecular complexity index is 795. The second-order valence-electron chi connectivity index (χ2n) is 5.55. The van der Waals surface area contributed by atoms with Crippen LogP contribution in [-0.2, 0) is 11.3 Å². The highest BCUT2D eigenvalue weighted by molar-refractivity contribution is 5.90. The molecule has 0 unspecified atom stereocenters. The van der Waals surface area contributed by atoms with Crippen molar-refractivity contribution in [2.45, 2.75) is 19.9 Å². The van der Waals surface area contributed by atoms with E-state index in [1.807, 2.05) is 19.1 Å². The Kier molecular flexibility index (Phi) is 7.02. The first-order valence-corrected chi connectivity index (χ1v) is 8.10. The van der Waals surface area contributed by atoms with E-state index in [9.17, 15) is 13.6 Å². The van der Waals surface area contributed by atoms with Crippen LogP contribution in [0.2, 0.25) is 0 Å². The molecule has 1 aromatic heterocycles. The molecule has 0 bridgehead atoms. The van der Waals surface area contributed by atoms with Gasteiger partial charge in [-0.25, -0.2) is 13.8 Å². The van der Waals surface area contributed by atoms with E-state index in [0.29, 0.717) is 18.3 Å². The summed E-state index contributed by atoms with van der Waals surface area (Å²) in [6.07, 6.45) is 0.199. The van der Waals surface area contributed by atoms with Crippen LogP contribution < -0.4 is 16.0 Å². The van der Waals surface area contributed by atoms with Gasteiger partial charge in [0, 0.05) is 37.8 Å². The molecule has 2 aromatic rings. The summed E-state index contributed by atoms with van der Waals surface area (Å²) in [5.41, 5.74) is 1.01. The molecule has 138 valence electrons. The maximum Gasteiger partial charge on any atom is 0.227 e. The van der Waals surface area contributed by atoms with E-state index in [4.69, 9.17) is 0 Å². The van der Waals surface area contributed by atoms with Crippen LogP contribution in [0.4, 0.5) is 14.6 Å². The zero-order chi connectivity index (χ0) is 18.9. The van der Waals surface area contributed by atoms with E-state index < -0.39 is 11.6 Å². The van der Waals surface area contributed by atoms with E-state index in [0.717, 1.165) is 23.9 Å². The number of nitrogens with zero attached hydrogens (tertiary/aromatic N) is 2. The first-order chi connectivity index (χ1) is 12.5. The van der Waals surface area contributed by atoms with Crippen LogP contribution in [0, 0.1) is 18.6 Å². The quantitative estimate of drug-likeness (QED) is 0.545. The van der Waals surface area contributed by atoms with Crippen LogP contribution in [0.5, 0.6) is 0 Å². The van der Waals surface area contributed by atoms with Crippen molar-refractivity contribution in [3.8, 4) is 0 Å². The summed E-state index contributed by atoms with van der Waals surface area (Å²) in [4.78, 5) is 20.1. The summed E-state index contributed by atoms with van der Waals surface area (Å²) >= 11 is 0. The Morgan fingerprint density at radius 2 is 2.00 bits per heavy atom. The van der Waals surface area contributed by atoms with Gasteiger partial charge >= 0.3 is 0 Å². The average molecular weight is 361 g/mol. The molecule has 0 fully saturated rings. The van der Waals surface area contributed by atoms with Crippen LogP contribution in [0.25, 0.3) is 0 Å². The minimum absolute atomic E-state index is 0.0721. The molecule has 0 aliphatic rings. The molecule has 0 aliphatic carbocycles. The molecule has 0 aliphatic heterocycles. The van der Waals surface area contributed by atoms with Gasteiger partial charge in [0.25, 0.3) is 0 Å². The molecule has 8 heteroatoms. The predicted octanol–water partition coefficient (Wildman–Crippen LogP) is 2.36. The Balaban J connectivity index is 1.76. The molecular weight excluding hydrogens is 340 g/mol. The summed E-state index contributed by atoms with van der Waals surface area (Å²) in [6.45, 7) is 2.24. The number of nitrogens with one attached hydrogen (secondary N) is 3. The molecule has 1 amide bonds. The Hall–Kier alpha value is -3.03. The Morgan fingerprint density at radius 3 is 2.73 bits per heavy atom. The third-order valence-corrected chi connectivity index (χ3v) is 3.48. The minimum atomic E-state index is -0.507. The summed E-state index contributed by atoms with van der Waals surface area (Å²) in [5.74, 6) is -0.316. The lowest BCUT2D eigenvalue weighted by atomic mass is 10.2. The van der Waals surface area contributed by atoms with Crippen LogP contribution in [0.1, 0.15) is 17.7 Å². The van der Waals surface area contributed by atoms with Crippen molar-refractivity contribution >= 4 is 17.7 Å². The molecule has 0 saturated heterocycles. The number of hydrogen-bond donors (Lipinski definition) is 3. The van der Waals surface area contributed by atoms with E-state index in [1.165, 1.54) is 0 Å². The minimum Gasteiger partial charge on any atom is -0.356 e. The molecule has 3 N–H and O–H groups in total. The van der Waals surface area contributed by atoms with Gasteiger partial charge in [0.15, 0.2) is 5.96 Å². The van der Waals surface area contributed by atoms with E-state index in [-0.39, 0.29) is 24.4 Å². The number of carbonyl (C=O) groups is 1. The fraction of sp³-hybridized carbons (Fsp3) is 0.278. The number of guanidine groups is 1. The van der Waals surface area contributed by atoms with Crippen molar-refractivity contribution in [2.24, 2.45) is 4.99 Å². The molecular formula is C18H21F2N5O. The fourth-order valence-electron chi connectivity index (χ4n) is 2.19. The number of aromatic nitrogens is 1. The van der Waals surface area contributed by atoms with Gasteiger partial charge in [-0.3, -0.25) is 9.79 Å². The molecule has 1 aromatic carbocycles. The van der Waals surface area contributed by atoms with Crippen molar-refractivity contribution in [2.75, 3.05) is 18.9 Å². The standard InChI is InChI=1S/C18H21F2N5O/c1-12-4-3-5-16(24-12)25-17(26)8-9-22-18(21-2)23-11-13-10-14(19)6-7-15(13)20/h3-7,10H,8-9,11H2,1-2H3,(H2,21,22,23)(H,24,25,26). The molecule has 0 spiro atoms. The van der Waals surface area contributed by atoms with Crippen LogP contribution in [0.3, 0.4) is 0 Å².